The number of carbonyl (C=O) groups excluding carboxylic acids is 2. The molecule has 3 rings (SSSR count). The van der Waals surface area contributed by atoms with E-state index < -0.39 is 30.2 Å². The molecule has 0 unspecified atom stereocenters. The van der Waals surface area contributed by atoms with Gasteiger partial charge in [-0.3, -0.25) is 0 Å². The van der Waals surface area contributed by atoms with Gasteiger partial charge in [0.15, 0.2) is 0 Å². The van der Waals surface area contributed by atoms with Gasteiger partial charge < -0.3 is 14.6 Å². The highest BCUT2D eigenvalue weighted by Crippen LogP contribution is 2.33. The molecule has 0 aromatic heterocycles. The molecule has 7 heteroatoms. The largest absolute Gasteiger partial charge is 0.423 e. The van der Waals surface area contributed by atoms with E-state index in [-0.39, 0.29) is 39.3 Å². The molecule has 0 aliphatic heterocycles. The Hall–Kier alpha value is -4.10. The van der Waals surface area contributed by atoms with Gasteiger partial charge in [0.2, 0.25) is 0 Å². The number of esters is 2. The highest BCUT2D eigenvalue weighted by molar-refractivity contribution is 5.89. The quantitative estimate of drug-likeness (QED) is 0.274. The Kier molecular flexibility index (Phi) is 7.38. The summed E-state index contributed by atoms with van der Waals surface area (Å²) in [6.45, 7) is 9.52. The number of rotatable bonds is 7. The molecule has 0 fully saturated rings. The number of hydrogen-bond acceptors (Lipinski definition) is 5. The monoisotopic (exact) mass is 464 g/mol. The van der Waals surface area contributed by atoms with Crippen molar-refractivity contribution in [1.82, 2.24) is 0 Å². The maximum Gasteiger partial charge on any atom is 0.338 e. The second-order valence-corrected chi connectivity index (χ2v) is 7.66. The molecule has 5 nitrogen and oxygen atoms in total. The average molecular weight is 464 g/mol. The lowest BCUT2D eigenvalue weighted by Gasteiger charge is -2.12. The lowest BCUT2D eigenvalue weighted by molar-refractivity contribution is -0.131. The van der Waals surface area contributed by atoms with E-state index in [1.807, 2.05) is 0 Å². The van der Waals surface area contributed by atoms with Crippen molar-refractivity contribution < 1.29 is 33.0 Å². The van der Waals surface area contributed by atoms with Crippen molar-refractivity contribution in [1.29, 1.82) is 0 Å². The van der Waals surface area contributed by atoms with E-state index in [0.29, 0.717) is 11.1 Å². The van der Waals surface area contributed by atoms with Crippen LogP contribution >= 0.6 is 0 Å². The van der Waals surface area contributed by atoms with E-state index in [1.54, 1.807) is 12.1 Å². The fourth-order valence-corrected chi connectivity index (χ4v) is 3.06. The van der Waals surface area contributed by atoms with Crippen LogP contribution in [-0.4, -0.2) is 17.0 Å². The van der Waals surface area contributed by atoms with Crippen LogP contribution in [-0.2, 0) is 16.2 Å². The summed E-state index contributed by atoms with van der Waals surface area (Å²) in [6.07, 6.45) is 0. The van der Waals surface area contributed by atoms with Crippen molar-refractivity contribution in [3.8, 4) is 33.8 Å². The second-order valence-electron chi connectivity index (χ2n) is 7.66. The summed E-state index contributed by atoms with van der Waals surface area (Å²) < 4.78 is 39.8. The van der Waals surface area contributed by atoms with Crippen LogP contribution in [0.1, 0.15) is 19.4 Å². The van der Waals surface area contributed by atoms with Crippen molar-refractivity contribution in [3.05, 3.63) is 96.1 Å². The Morgan fingerprint density at radius 1 is 0.794 bits per heavy atom. The van der Waals surface area contributed by atoms with Crippen LogP contribution < -0.4 is 9.47 Å². The number of halogens is 2. The van der Waals surface area contributed by atoms with E-state index in [9.17, 15) is 23.5 Å². The lowest BCUT2D eigenvalue weighted by atomic mass is 9.98. The minimum absolute atomic E-state index is 0.00955. The number of benzene rings is 3. The maximum atomic E-state index is 15.0. The molecule has 0 spiro atoms. The third-order valence-electron chi connectivity index (χ3n) is 4.87. The zero-order valence-corrected chi connectivity index (χ0v) is 18.7. The number of aliphatic hydroxyl groups is 1. The third kappa shape index (κ3) is 5.44. The van der Waals surface area contributed by atoms with Gasteiger partial charge >= 0.3 is 11.9 Å². The average Bonchev–Trinajstić information content (AvgIpc) is 2.79. The Bertz CT molecular complexity index is 1310. The number of hydrogen-bond donors (Lipinski definition) is 1. The van der Waals surface area contributed by atoms with Gasteiger partial charge in [0.1, 0.15) is 23.1 Å². The van der Waals surface area contributed by atoms with Crippen LogP contribution in [0, 0.1) is 11.6 Å². The second kappa shape index (κ2) is 10.2. The number of aliphatic hydroxyl groups excluding tert-OH is 1. The Labute approximate surface area is 195 Å². The van der Waals surface area contributed by atoms with Gasteiger partial charge in [-0.15, -0.1) is 0 Å². The van der Waals surface area contributed by atoms with E-state index in [0.717, 1.165) is 6.07 Å². The van der Waals surface area contributed by atoms with E-state index >= 15 is 0 Å². The summed E-state index contributed by atoms with van der Waals surface area (Å²) in [4.78, 5) is 23.4. The normalized spacial score (nSPS) is 10.5. The summed E-state index contributed by atoms with van der Waals surface area (Å²) in [7, 11) is 0. The minimum Gasteiger partial charge on any atom is -0.423 e. The van der Waals surface area contributed by atoms with Gasteiger partial charge in [-0.05, 0) is 55.3 Å². The molecule has 0 saturated carbocycles. The molecule has 0 aliphatic rings. The summed E-state index contributed by atoms with van der Waals surface area (Å²) in [5.41, 5.74) is 1.72. The van der Waals surface area contributed by atoms with Gasteiger partial charge in [-0.25, -0.2) is 18.4 Å². The van der Waals surface area contributed by atoms with Crippen molar-refractivity contribution in [3.63, 3.8) is 0 Å². The van der Waals surface area contributed by atoms with Crippen LogP contribution in [0.4, 0.5) is 8.78 Å². The molecular weight excluding hydrogens is 442 g/mol. The van der Waals surface area contributed by atoms with Crippen molar-refractivity contribution >= 4 is 11.9 Å². The predicted molar refractivity (Wildman–Crippen MR) is 124 cm³/mol. The molecule has 34 heavy (non-hydrogen) atoms. The Balaban J connectivity index is 1.89. The fourth-order valence-electron chi connectivity index (χ4n) is 3.06. The van der Waals surface area contributed by atoms with Gasteiger partial charge in [-0.1, -0.05) is 31.4 Å². The summed E-state index contributed by atoms with van der Waals surface area (Å²) in [5, 5.41) is 9.66. The van der Waals surface area contributed by atoms with Crippen LogP contribution in [0.5, 0.6) is 11.5 Å². The van der Waals surface area contributed by atoms with Crippen molar-refractivity contribution in [2.45, 2.75) is 20.5 Å². The van der Waals surface area contributed by atoms with Crippen LogP contribution in [0.15, 0.2) is 78.9 Å². The summed E-state index contributed by atoms with van der Waals surface area (Å²) >= 11 is 0. The molecule has 0 atom stereocenters. The van der Waals surface area contributed by atoms with Crippen LogP contribution in [0.25, 0.3) is 22.3 Å². The lowest BCUT2D eigenvalue weighted by Crippen LogP contribution is -2.09. The first-order valence-electron chi connectivity index (χ1n) is 10.2. The topological polar surface area (TPSA) is 72.8 Å². The van der Waals surface area contributed by atoms with E-state index in [4.69, 9.17) is 9.47 Å². The van der Waals surface area contributed by atoms with Gasteiger partial charge in [0.05, 0.1) is 6.61 Å². The maximum absolute atomic E-state index is 15.0. The molecule has 3 aromatic carbocycles. The first kappa shape index (κ1) is 24.5. The smallest absolute Gasteiger partial charge is 0.338 e. The Morgan fingerprint density at radius 2 is 1.32 bits per heavy atom. The molecule has 0 bridgehead atoms. The molecule has 174 valence electrons. The van der Waals surface area contributed by atoms with Crippen molar-refractivity contribution in [2.75, 3.05) is 0 Å². The summed E-state index contributed by atoms with van der Waals surface area (Å²) in [6, 6.07) is 12.6. The fraction of sp³-hybridized carbons (Fsp3) is 0.111. The molecule has 1 N–H and O–H groups in total. The molecular formula is C27H22F2O5. The van der Waals surface area contributed by atoms with E-state index in [2.05, 4.69) is 13.2 Å². The molecule has 0 saturated heterocycles. The SMILES string of the molecule is C=C(C)C(=O)Oc1ccc(-c2ccc(-c3ccc(OC(=O)C(=C)C)c(CO)c3)c(F)c2)c(F)c1. The zero-order valence-electron chi connectivity index (χ0n) is 18.7. The number of ether oxygens (including phenoxy) is 2. The molecule has 0 aliphatic carbocycles. The van der Waals surface area contributed by atoms with Crippen molar-refractivity contribution in [2.24, 2.45) is 0 Å². The third-order valence-corrected chi connectivity index (χ3v) is 4.87. The molecule has 0 radical (unpaired) electrons. The van der Waals surface area contributed by atoms with Gasteiger partial charge in [-0.2, -0.15) is 0 Å². The van der Waals surface area contributed by atoms with Gasteiger partial charge in [0, 0.05) is 33.9 Å². The standard InChI is InChI=1S/C27H22F2O5/c1-15(2)26(31)33-20-7-9-22(24(29)13-20)18-5-8-21(23(28)12-18)17-6-10-25(19(11-17)14-30)34-27(32)16(3)4/h5-13,30H,1,3,14H2,2,4H3. The minimum atomic E-state index is -0.689. The number of carbonyl (C=O) groups is 2. The first-order valence-corrected chi connectivity index (χ1v) is 10.2. The summed E-state index contributed by atoms with van der Waals surface area (Å²) in [5.74, 6) is -2.47. The van der Waals surface area contributed by atoms with Crippen LogP contribution in [0.3, 0.4) is 0 Å². The first-order chi connectivity index (χ1) is 16.1. The van der Waals surface area contributed by atoms with E-state index in [1.165, 1.54) is 50.2 Å². The highest BCUT2D eigenvalue weighted by atomic mass is 19.1. The van der Waals surface area contributed by atoms with Crippen LogP contribution in [0.2, 0.25) is 0 Å². The molecule has 0 heterocycles. The predicted octanol–water partition coefficient (Wildman–Crippen LogP) is 5.75. The molecule has 3 aromatic rings. The highest BCUT2D eigenvalue weighted by Gasteiger charge is 2.15. The Morgan fingerprint density at radius 3 is 1.88 bits per heavy atom. The van der Waals surface area contributed by atoms with Gasteiger partial charge in [0.25, 0.3) is 0 Å². The molecule has 0 amide bonds. The zero-order chi connectivity index (χ0) is 25.0.